The van der Waals surface area contributed by atoms with Crippen molar-refractivity contribution in [1.29, 1.82) is 0 Å². The SMILES string of the molecule is COC[C@H](C)NC(=O)COC(=O)C1=NN(c2cc(C)ccc2C)C(=O)CC1. The number of nitrogens with one attached hydrogen (secondary N) is 1. The summed E-state index contributed by atoms with van der Waals surface area (Å²) in [6.07, 6.45) is 0.332. The molecule has 146 valence electrons. The summed E-state index contributed by atoms with van der Waals surface area (Å²) < 4.78 is 9.96. The molecule has 0 unspecified atom stereocenters. The lowest BCUT2D eigenvalue weighted by Crippen LogP contribution is -2.40. The third-order valence-corrected chi connectivity index (χ3v) is 4.02. The molecule has 0 saturated heterocycles. The van der Waals surface area contributed by atoms with Gasteiger partial charge in [-0.3, -0.25) is 9.59 Å². The van der Waals surface area contributed by atoms with Crippen molar-refractivity contribution < 1.29 is 23.9 Å². The van der Waals surface area contributed by atoms with Gasteiger partial charge >= 0.3 is 5.97 Å². The number of anilines is 1. The normalized spacial score (nSPS) is 15.2. The Morgan fingerprint density at radius 2 is 2.04 bits per heavy atom. The van der Waals surface area contributed by atoms with Gasteiger partial charge in [-0.05, 0) is 38.0 Å². The monoisotopic (exact) mass is 375 g/mol. The Balaban J connectivity index is 2.04. The predicted octanol–water partition coefficient (Wildman–Crippen LogP) is 1.48. The van der Waals surface area contributed by atoms with Gasteiger partial charge in [-0.15, -0.1) is 0 Å². The van der Waals surface area contributed by atoms with Gasteiger partial charge in [0.05, 0.1) is 12.3 Å². The number of carbonyl (C=O) groups excluding carboxylic acids is 3. The number of hydrazone groups is 1. The minimum atomic E-state index is -0.702. The van der Waals surface area contributed by atoms with Crippen molar-refractivity contribution in [3.05, 3.63) is 29.3 Å². The number of aryl methyl sites for hydroxylation is 2. The van der Waals surface area contributed by atoms with E-state index in [9.17, 15) is 14.4 Å². The molecule has 1 aliphatic rings. The van der Waals surface area contributed by atoms with Crippen molar-refractivity contribution in [3.63, 3.8) is 0 Å². The van der Waals surface area contributed by atoms with Crippen LogP contribution in [0.1, 0.15) is 30.9 Å². The number of amides is 2. The highest BCUT2D eigenvalue weighted by atomic mass is 16.5. The second-order valence-corrected chi connectivity index (χ2v) is 6.54. The molecule has 1 aromatic rings. The molecule has 1 atom stereocenters. The maximum atomic E-state index is 12.3. The van der Waals surface area contributed by atoms with Gasteiger partial charge in [0.1, 0.15) is 5.71 Å². The second-order valence-electron chi connectivity index (χ2n) is 6.54. The van der Waals surface area contributed by atoms with E-state index in [1.165, 1.54) is 12.1 Å². The zero-order valence-corrected chi connectivity index (χ0v) is 16.1. The van der Waals surface area contributed by atoms with Gasteiger partial charge in [-0.25, -0.2) is 4.79 Å². The molecule has 0 bridgehead atoms. The van der Waals surface area contributed by atoms with E-state index >= 15 is 0 Å². The second kappa shape index (κ2) is 9.27. The minimum absolute atomic E-state index is 0.119. The molecule has 0 fully saturated rings. The van der Waals surface area contributed by atoms with E-state index in [-0.39, 0.29) is 30.5 Å². The molecule has 8 nitrogen and oxygen atoms in total. The summed E-state index contributed by atoms with van der Waals surface area (Å²) in [6, 6.07) is 5.49. The number of nitrogens with zero attached hydrogens (tertiary/aromatic N) is 2. The molecule has 1 aromatic carbocycles. The van der Waals surface area contributed by atoms with E-state index in [1.807, 2.05) is 32.0 Å². The van der Waals surface area contributed by atoms with Crippen LogP contribution in [0.4, 0.5) is 5.69 Å². The molecule has 0 aliphatic carbocycles. The first-order valence-electron chi connectivity index (χ1n) is 8.75. The fourth-order valence-corrected chi connectivity index (χ4v) is 2.66. The Hall–Kier alpha value is -2.74. The Kier molecular flexibility index (Phi) is 7.06. The van der Waals surface area contributed by atoms with E-state index in [2.05, 4.69) is 10.4 Å². The van der Waals surface area contributed by atoms with E-state index in [0.717, 1.165) is 11.1 Å². The highest BCUT2D eigenvalue weighted by Gasteiger charge is 2.27. The Bertz CT molecular complexity index is 760. The molecule has 1 heterocycles. The van der Waals surface area contributed by atoms with Crippen LogP contribution in [0.15, 0.2) is 23.3 Å². The minimum Gasteiger partial charge on any atom is -0.451 e. The largest absolute Gasteiger partial charge is 0.451 e. The molecule has 27 heavy (non-hydrogen) atoms. The van der Waals surface area contributed by atoms with Gasteiger partial charge < -0.3 is 14.8 Å². The number of carbonyl (C=O) groups is 3. The average molecular weight is 375 g/mol. The Morgan fingerprint density at radius 3 is 2.74 bits per heavy atom. The lowest BCUT2D eigenvalue weighted by Gasteiger charge is -2.24. The van der Waals surface area contributed by atoms with E-state index in [0.29, 0.717) is 12.3 Å². The number of esters is 1. The topological polar surface area (TPSA) is 97.3 Å². The average Bonchev–Trinajstić information content (AvgIpc) is 2.62. The highest BCUT2D eigenvalue weighted by Crippen LogP contribution is 2.25. The molecular formula is C19H25N3O5. The summed E-state index contributed by atoms with van der Waals surface area (Å²) >= 11 is 0. The maximum Gasteiger partial charge on any atom is 0.355 e. The van der Waals surface area contributed by atoms with Crippen LogP contribution < -0.4 is 10.3 Å². The number of benzene rings is 1. The lowest BCUT2D eigenvalue weighted by molar-refractivity contribution is -0.142. The number of ether oxygens (including phenoxy) is 2. The molecule has 0 spiro atoms. The van der Waals surface area contributed by atoms with Gasteiger partial charge in [0.15, 0.2) is 6.61 Å². The number of methoxy groups -OCH3 is 1. The third-order valence-electron chi connectivity index (χ3n) is 4.02. The number of hydrogen-bond acceptors (Lipinski definition) is 6. The van der Waals surface area contributed by atoms with Crippen molar-refractivity contribution >= 4 is 29.2 Å². The van der Waals surface area contributed by atoms with E-state index < -0.39 is 18.5 Å². The Morgan fingerprint density at radius 1 is 1.30 bits per heavy atom. The zero-order valence-electron chi connectivity index (χ0n) is 16.1. The van der Waals surface area contributed by atoms with E-state index in [1.54, 1.807) is 6.92 Å². The van der Waals surface area contributed by atoms with Crippen molar-refractivity contribution in [2.75, 3.05) is 25.3 Å². The van der Waals surface area contributed by atoms with Crippen LogP contribution in [0, 0.1) is 13.8 Å². The Labute approximate surface area is 158 Å². The summed E-state index contributed by atoms with van der Waals surface area (Å²) in [5.74, 6) is -1.31. The lowest BCUT2D eigenvalue weighted by atomic mass is 10.1. The fourth-order valence-electron chi connectivity index (χ4n) is 2.66. The van der Waals surface area contributed by atoms with Crippen LogP contribution in [0.2, 0.25) is 0 Å². The highest BCUT2D eigenvalue weighted by molar-refractivity contribution is 6.38. The predicted molar refractivity (Wildman–Crippen MR) is 101 cm³/mol. The molecule has 2 amide bonds. The molecule has 0 saturated carbocycles. The van der Waals surface area contributed by atoms with Crippen LogP contribution in [0.3, 0.4) is 0 Å². The summed E-state index contributed by atoms with van der Waals surface area (Å²) in [5, 5.41) is 8.07. The van der Waals surface area contributed by atoms with Crippen molar-refractivity contribution in [2.45, 2.75) is 39.7 Å². The van der Waals surface area contributed by atoms with Crippen molar-refractivity contribution in [2.24, 2.45) is 5.10 Å². The number of hydrogen-bond donors (Lipinski definition) is 1. The van der Waals surface area contributed by atoms with Crippen LogP contribution in [0.5, 0.6) is 0 Å². The summed E-state index contributed by atoms with van der Waals surface area (Å²) in [4.78, 5) is 36.3. The summed E-state index contributed by atoms with van der Waals surface area (Å²) in [5.41, 5.74) is 2.61. The van der Waals surface area contributed by atoms with Gasteiger partial charge in [-0.1, -0.05) is 12.1 Å². The van der Waals surface area contributed by atoms with Crippen molar-refractivity contribution in [1.82, 2.24) is 5.32 Å². The van der Waals surface area contributed by atoms with Crippen LogP contribution in [-0.2, 0) is 23.9 Å². The molecule has 1 N–H and O–H groups in total. The van der Waals surface area contributed by atoms with E-state index in [4.69, 9.17) is 9.47 Å². The van der Waals surface area contributed by atoms with Gasteiger partial charge in [0.2, 0.25) is 5.91 Å². The number of rotatable bonds is 7. The van der Waals surface area contributed by atoms with Gasteiger partial charge in [0.25, 0.3) is 5.91 Å². The first-order valence-corrected chi connectivity index (χ1v) is 8.75. The van der Waals surface area contributed by atoms with Gasteiger partial charge in [-0.2, -0.15) is 10.1 Å². The first kappa shape index (κ1) is 20.6. The molecule has 0 aromatic heterocycles. The third kappa shape index (κ3) is 5.62. The first-order chi connectivity index (χ1) is 12.8. The standard InChI is InChI=1S/C19H25N3O5/c1-12-5-6-13(2)16(9-12)22-18(24)8-7-15(21-22)19(25)27-11-17(23)20-14(3)10-26-4/h5-6,9,14H,7-8,10-11H2,1-4H3,(H,20,23)/t14-/m0/s1. The summed E-state index contributed by atoms with van der Waals surface area (Å²) in [7, 11) is 1.53. The quantitative estimate of drug-likeness (QED) is 0.728. The maximum absolute atomic E-state index is 12.3. The van der Waals surface area contributed by atoms with Gasteiger partial charge in [0, 0.05) is 26.0 Å². The zero-order chi connectivity index (χ0) is 20.0. The molecule has 8 heteroatoms. The van der Waals surface area contributed by atoms with Crippen LogP contribution in [-0.4, -0.2) is 49.9 Å². The van der Waals surface area contributed by atoms with Crippen molar-refractivity contribution in [3.8, 4) is 0 Å². The molecule has 2 rings (SSSR count). The van der Waals surface area contributed by atoms with Crippen LogP contribution in [0.25, 0.3) is 0 Å². The fraction of sp³-hybridized carbons (Fsp3) is 0.474. The smallest absolute Gasteiger partial charge is 0.355 e. The molecule has 0 radical (unpaired) electrons. The molecule has 1 aliphatic heterocycles. The van der Waals surface area contributed by atoms with Crippen LogP contribution >= 0.6 is 0 Å². The summed E-state index contributed by atoms with van der Waals surface area (Å²) in [6.45, 7) is 5.51. The molecular weight excluding hydrogens is 350 g/mol.